The van der Waals surface area contributed by atoms with E-state index in [4.69, 9.17) is 14.6 Å². The number of benzene rings is 1. The molecular formula is C13H10O5S. The van der Waals surface area contributed by atoms with Gasteiger partial charge in [0.15, 0.2) is 10.6 Å². The minimum absolute atomic E-state index is 0.00172. The molecule has 19 heavy (non-hydrogen) atoms. The van der Waals surface area contributed by atoms with Crippen molar-refractivity contribution in [1.82, 2.24) is 0 Å². The van der Waals surface area contributed by atoms with Crippen LogP contribution in [0.2, 0.25) is 0 Å². The summed E-state index contributed by atoms with van der Waals surface area (Å²) in [7, 11) is 1.53. The lowest BCUT2D eigenvalue weighted by molar-refractivity contribution is 0.0687. The van der Waals surface area contributed by atoms with Crippen LogP contribution in [-0.4, -0.2) is 24.2 Å². The van der Waals surface area contributed by atoms with Crippen LogP contribution in [0.15, 0.2) is 35.7 Å². The minimum atomic E-state index is -1.12. The van der Waals surface area contributed by atoms with E-state index in [1.807, 2.05) is 0 Å². The van der Waals surface area contributed by atoms with Crippen molar-refractivity contribution in [3.8, 4) is 11.5 Å². The first kappa shape index (κ1) is 13.1. The van der Waals surface area contributed by atoms with Crippen LogP contribution >= 0.6 is 11.3 Å². The number of hydrogen-bond acceptors (Lipinski definition) is 5. The Bertz CT molecular complexity index is 600. The first-order valence-electron chi connectivity index (χ1n) is 5.29. The number of ether oxygens (including phenoxy) is 2. The molecule has 1 aromatic carbocycles. The third kappa shape index (κ3) is 2.92. The number of carbonyl (C=O) groups is 2. The lowest BCUT2D eigenvalue weighted by atomic mass is 10.2. The Morgan fingerprint density at radius 3 is 2.42 bits per heavy atom. The standard InChI is InChI=1S/C13H10O5S/c1-17-9-4-2-8(3-5-9)13(16)18-10-6-7-19-11(10)12(14)15/h2-7H,1H3,(H,14,15). The van der Waals surface area contributed by atoms with Crippen molar-refractivity contribution in [1.29, 1.82) is 0 Å². The number of thiophene rings is 1. The fourth-order valence-corrected chi connectivity index (χ4v) is 2.07. The van der Waals surface area contributed by atoms with E-state index in [0.29, 0.717) is 11.3 Å². The number of carbonyl (C=O) groups excluding carboxylic acids is 1. The number of rotatable bonds is 4. The normalized spacial score (nSPS) is 9.95. The highest BCUT2D eigenvalue weighted by molar-refractivity contribution is 7.12. The highest BCUT2D eigenvalue weighted by atomic mass is 32.1. The quantitative estimate of drug-likeness (QED) is 0.870. The summed E-state index contributed by atoms with van der Waals surface area (Å²) in [5, 5.41) is 10.5. The molecule has 6 heteroatoms. The third-order valence-corrected chi connectivity index (χ3v) is 3.24. The smallest absolute Gasteiger partial charge is 0.349 e. The Kier molecular flexibility index (Phi) is 3.82. The molecule has 0 aliphatic carbocycles. The molecule has 98 valence electrons. The lowest BCUT2D eigenvalue weighted by Gasteiger charge is -2.04. The second kappa shape index (κ2) is 5.53. The van der Waals surface area contributed by atoms with Gasteiger partial charge in [0.2, 0.25) is 0 Å². The van der Waals surface area contributed by atoms with Crippen molar-refractivity contribution in [2.45, 2.75) is 0 Å². The SMILES string of the molecule is COc1ccc(C(=O)Oc2ccsc2C(=O)O)cc1. The van der Waals surface area contributed by atoms with E-state index < -0.39 is 11.9 Å². The van der Waals surface area contributed by atoms with Crippen LogP contribution in [0.3, 0.4) is 0 Å². The summed E-state index contributed by atoms with van der Waals surface area (Å²) in [6.45, 7) is 0. The zero-order valence-corrected chi connectivity index (χ0v) is 10.8. The topological polar surface area (TPSA) is 72.8 Å². The first-order chi connectivity index (χ1) is 9.11. The summed E-state index contributed by atoms with van der Waals surface area (Å²) < 4.78 is 10.0. The van der Waals surface area contributed by atoms with Gasteiger partial charge in [-0.2, -0.15) is 0 Å². The molecular weight excluding hydrogens is 268 g/mol. The van der Waals surface area contributed by atoms with Crippen LogP contribution in [0, 0.1) is 0 Å². The molecule has 0 saturated heterocycles. The van der Waals surface area contributed by atoms with Gasteiger partial charge >= 0.3 is 11.9 Å². The molecule has 0 aliphatic heterocycles. The first-order valence-corrected chi connectivity index (χ1v) is 6.17. The van der Waals surface area contributed by atoms with E-state index in [1.165, 1.54) is 13.2 Å². The zero-order valence-electron chi connectivity index (χ0n) is 9.95. The zero-order chi connectivity index (χ0) is 13.8. The third-order valence-electron chi connectivity index (χ3n) is 2.35. The number of aromatic carboxylic acids is 1. The van der Waals surface area contributed by atoms with Gasteiger partial charge < -0.3 is 14.6 Å². The Morgan fingerprint density at radius 2 is 1.84 bits per heavy atom. The summed E-state index contributed by atoms with van der Waals surface area (Å²) in [4.78, 5) is 22.7. The fraction of sp³-hybridized carbons (Fsp3) is 0.0769. The predicted octanol–water partition coefficient (Wildman–Crippen LogP) is 2.67. The average molecular weight is 278 g/mol. The van der Waals surface area contributed by atoms with Crippen LogP contribution < -0.4 is 9.47 Å². The highest BCUT2D eigenvalue weighted by Gasteiger charge is 2.17. The van der Waals surface area contributed by atoms with Crippen LogP contribution in [0.4, 0.5) is 0 Å². The number of esters is 1. The maximum absolute atomic E-state index is 11.8. The van der Waals surface area contributed by atoms with E-state index in [1.54, 1.807) is 29.6 Å². The second-order valence-corrected chi connectivity index (χ2v) is 4.45. The van der Waals surface area contributed by atoms with Gasteiger partial charge in [-0.15, -0.1) is 11.3 Å². The van der Waals surface area contributed by atoms with Crippen LogP contribution in [0.25, 0.3) is 0 Å². The second-order valence-electron chi connectivity index (χ2n) is 3.54. The van der Waals surface area contributed by atoms with E-state index >= 15 is 0 Å². The molecule has 0 fully saturated rings. The molecule has 1 N–H and O–H groups in total. The van der Waals surface area contributed by atoms with Gasteiger partial charge in [-0.25, -0.2) is 9.59 Å². The molecule has 1 heterocycles. The Morgan fingerprint density at radius 1 is 1.16 bits per heavy atom. The molecule has 0 spiro atoms. The van der Waals surface area contributed by atoms with Gasteiger partial charge in [-0.1, -0.05) is 0 Å². The fourth-order valence-electron chi connectivity index (χ4n) is 1.42. The predicted molar refractivity (Wildman–Crippen MR) is 69.2 cm³/mol. The van der Waals surface area contributed by atoms with Crippen molar-refractivity contribution in [3.63, 3.8) is 0 Å². The number of methoxy groups -OCH3 is 1. The van der Waals surface area contributed by atoms with Gasteiger partial charge in [0.1, 0.15) is 5.75 Å². The minimum Gasteiger partial charge on any atom is -0.497 e. The monoisotopic (exact) mass is 278 g/mol. The molecule has 0 radical (unpaired) electrons. The number of carboxylic acid groups (broad SMARTS) is 1. The average Bonchev–Trinajstić information content (AvgIpc) is 2.87. The van der Waals surface area contributed by atoms with Gasteiger partial charge in [0.05, 0.1) is 12.7 Å². The molecule has 1 aromatic heterocycles. The van der Waals surface area contributed by atoms with Crippen LogP contribution in [-0.2, 0) is 0 Å². The van der Waals surface area contributed by atoms with Crippen molar-refractivity contribution < 1.29 is 24.2 Å². The molecule has 0 saturated carbocycles. The van der Waals surface area contributed by atoms with Crippen molar-refractivity contribution in [2.24, 2.45) is 0 Å². The van der Waals surface area contributed by atoms with Gasteiger partial charge in [0.25, 0.3) is 0 Å². The van der Waals surface area contributed by atoms with E-state index in [2.05, 4.69) is 0 Å². The van der Waals surface area contributed by atoms with Gasteiger partial charge in [-0.3, -0.25) is 0 Å². The summed E-state index contributed by atoms with van der Waals surface area (Å²) in [5.74, 6) is -1.05. The van der Waals surface area contributed by atoms with Gasteiger partial charge in [-0.05, 0) is 35.7 Å². The van der Waals surface area contributed by atoms with Crippen molar-refractivity contribution in [3.05, 3.63) is 46.2 Å². The Hall–Kier alpha value is -2.34. The van der Waals surface area contributed by atoms with Crippen molar-refractivity contribution in [2.75, 3.05) is 7.11 Å². The van der Waals surface area contributed by atoms with Crippen molar-refractivity contribution >= 4 is 23.3 Å². The van der Waals surface area contributed by atoms with Crippen LogP contribution in [0.5, 0.6) is 11.5 Å². The molecule has 0 bridgehead atoms. The number of hydrogen-bond donors (Lipinski definition) is 1. The summed E-state index contributed by atoms with van der Waals surface area (Å²) in [6, 6.07) is 7.81. The van der Waals surface area contributed by atoms with E-state index in [0.717, 1.165) is 11.3 Å². The largest absolute Gasteiger partial charge is 0.497 e. The van der Waals surface area contributed by atoms with Gasteiger partial charge in [0, 0.05) is 0 Å². The molecule has 5 nitrogen and oxygen atoms in total. The molecule has 0 atom stereocenters. The van der Waals surface area contributed by atoms with Crippen LogP contribution in [0.1, 0.15) is 20.0 Å². The maximum atomic E-state index is 11.8. The number of carboxylic acids is 1. The highest BCUT2D eigenvalue weighted by Crippen LogP contribution is 2.25. The molecule has 0 aliphatic rings. The Labute approximate surface area is 113 Å². The Balaban J connectivity index is 2.16. The van der Waals surface area contributed by atoms with E-state index in [9.17, 15) is 9.59 Å². The lowest BCUT2D eigenvalue weighted by Crippen LogP contribution is -2.09. The molecule has 0 amide bonds. The molecule has 2 aromatic rings. The molecule has 2 rings (SSSR count). The summed E-state index contributed by atoms with van der Waals surface area (Å²) >= 11 is 1.00. The summed E-state index contributed by atoms with van der Waals surface area (Å²) in [6.07, 6.45) is 0. The molecule has 0 unspecified atom stereocenters. The van der Waals surface area contributed by atoms with E-state index in [-0.39, 0.29) is 10.6 Å². The maximum Gasteiger partial charge on any atom is 0.349 e. The summed E-state index contributed by atoms with van der Waals surface area (Å²) in [5.41, 5.74) is 0.323.